The average molecular weight is 422 g/mol. The SMILES string of the molecule is O=C(CSc1ccc(Cl)cc1)N1CCN(c2nc3c(F)cccc3s2)CC1. The number of amides is 1. The number of hydrogen-bond donors (Lipinski definition) is 0. The zero-order valence-corrected chi connectivity index (χ0v) is 16.8. The van der Waals surface area contributed by atoms with Gasteiger partial charge in [0.05, 0.1) is 10.5 Å². The topological polar surface area (TPSA) is 36.4 Å². The first-order valence-corrected chi connectivity index (χ1v) is 10.7. The van der Waals surface area contributed by atoms with E-state index in [-0.39, 0.29) is 11.7 Å². The quantitative estimate of drug-likeness (QED) is 0.580. The maximum atomic E-state index is 13.8. The second-order valence-electron chi connectivity index (χ2n) is 6.19. The van der Waals surface area contributed by atoms with Crippen LogP contribution in [0.3, 0.4) is 0 Å². The third-order valence-corrected chi connectivity index (χ3v) is 6.77. The van der Waals surface area contributed by atoms with Crippen LogP contribution in [0.1, 0.15) is 0 Å². The summed E-state index contributed by atoms with van der Waals surface area (Å²) in [5.41, 5.74) is 0.426. The van der Waals surface area contributed by atoms with Gasteiger partial charge < -0.3 is 9.80 Å². The summed E-state index contributed by atoms with van der Waals surface area (Å²) >= 11 is 8.89. The number of carbonyl (C=O) groups excluding carboxylic acids is 1. The van der Waals surface area contributed by atoms with E-state index in [4.69, 9.17) is 11.6 Å². The minimum absolute atomic E-state index is 0.130. The Morgan fingerprint density at radius 3 is 2.59 bits per heavy atom. The Bertz CT molecular complexity index is 955. The highest BCUT2D eigenvalue weighted by Gasteiger charge is 2.23. The van der Waals surface area contributed by atoms with E-state index < -0.39 is 0 Å². The van der Waals surface area contributed by atoms with Crippen LogP contribution in [-0.4, -0.2) is 47.7 Å². The van der Waals surface area contributed by atoms with Gasteiger partial charge in [0.15, 0.2) is 5.13 Å². The van der Waals surface area contributed by atoms with Crippen molar-refractivity contribution < 1.29 is 9.18 Å². The van der Waals surface area contributed by atoms with Gasteiger partial charge in [-0.1, -0.05) is 29.0 Å². The van der Waals surface area contributed by atoms with Gasteiger partial charge >= 0.3 is 0 Å². The van der Waals surface area contributed by atoms with Gasteiger partial charge in [-0.15, -0.1) is 11.8 Å². The van der Waals surface area contributed by atoms with Crippen LogP contribution in [0.25, 0.3) is 10.2 Å². The van der Waals surface area contributed by atoms with Gasteiger partial charge in [0.25, 0.3) is 0 Å². The third-order valence-electron chi connectivity index (χ3n) is 4.44. The molecule has 0 radical (unpaired) electrons. The van der Waals surface area contributed by atoms with Crippen LogP contribution < -0.4 is 4.90 Å². The number of para-hydroxylation sites is 1. The Morgan fingerprint density at radius 2 is 1.89 bits per heavy atom. The fourth-order valence-electron chi connectivity index (χ4n) is 2.95. The minimum atomic E-state index is -0.289. The summed E-state index contributed by atoms with van der Waals surface area (Å²) in [7, 11) is 0. The molecule has 0 unspecified atom stereocenters. The molecule has 1 amide bonds. The van der Waals surface area contributed by atoms with Crippen LogP contribution >= 0.6 is 34.7 Å². The number of aromatic nitrogens is 1. The highest BCUT2D eigenvalue weighted by molar-refractivity contribution is 8.00. The second-order valence-corrected chi connectivity index (χ2v) is 8.69. The molecular formula is C19H17ClFN3OS2. The molecule has 4 nitrogen and oxygen atoms in total. The van der Waals surface area contributed by atoms with Crippen molar-refractivity contribution in [2.24, 2.45) is 0 Å². The van der Waals surface area contributed by atoms with Gasteiger partial charge in [-0.25, -0.2) is 9.37 Å². The van der Waals surface area contributed by atoms with E-state index in [1.165, 1.54) is 29.2 Å². The lowest BCUT2D eigenvalue weighted by Crippen LogP contribution is -2.49. The van der Waals surface area contributed by atoms with Crippen molar-refractivity contribution in [1.29, 1.82) is 0 Å². The molecule has 0 atom stereocenters. The van der Waals surface area contributed by atoms with Gasteiger partial charge in [-0.2, -0.15) is 0 Å². The van der Waals surface area contributed by atoms with Gasteiger partial charge in [0.2, 0.25) is 5.91 Å². The molecule has 1 saturated heterocycles. The largest absolute Gasteiger partial charge is 0.345 e. The monoisotopic (exact) mass is 421 g/mol. The second kappa shape index (κ2) is 8.04. The van der Waals surface area contributed by atoms with E-state index in [0.29, 0.717) is 42.5 Å². The lowest BCUT2D eigenvalue weighted by atomic mass is 10.3. The molecule has 3 aromatic rings. The first kappa shape index (κ1) is 18.5. The number of nitrogens with zero attached hydrogens (tertiary/aromatic N) is 3. The minimum Gasteiger partial charge on any atom is -0.345 e. The molecule has 1 aliphatic heterocycles. The van der Waals surface area contributed by atoms with Gasteiger partial charge in [-0.3, -0.25) is 4.79 Å². The summed E-state index contributed by atoms with van der Waals surface area (Å²) in [5, 5.41) is 1.51. The number of thioether (sulfide) groups is 1. The van der Waals surface area contributed by atoms with E-state index in [2.05, 4.69) is 9.88 Å². The molecule has 0 bridgehead atoms. The van der Waals surface area contributed by atoms with Crippen LogP contribution in [0.4, 0.5) is 9.52 Å². The Labute approximate surface area is 169 Å². The normalized spacial score (nSPS) is 14.7. The molecule has 1 aromatic heterocycles. The Kier molecular flexibility index (Phi) is 5.52. The van der Waals surface area contributed by atoms with Crippen molar-refractivity contribution in [3.05, 3.63) is 53.3 Å². The molecule has 27 heavy (non-hydrogen) atoms. The molecule has 1 aliphatic rings. The predicted octanol–water partition coefficient (Wildman–Crippen LogP) is 4.53. The van der Waals surface area contributed by atoms with E-state index in [1.54, 1.807) is 6.07 Å². The molecule has 4 rings (SSSR count). The molecule has 0 N–H and O–H groups in total. The van der Waals surface area contributed by atoms with Gasteiger partial charge in [0.1, 0.15) is 11.3 Å². The zero-order valence-electron chi connectivity index (χ0n) is 14.4. The fourth-order valence-corrected chi connectivity index (χ4v) is 4.91. The highest BCUT2D eigenvalue weighted by atomic mass is 35.5. The van der Waals surface area contributed by atoms with E-state index in [9.17, 15) is 9.18 Å². The van der Waals surface area contributed by atoms with Crippen molar-refractivity contribution in [3.8, 4) is 0 Å². The standard InChI is InChI=1S/C19H17ClFN3OS2/c20-13-4-6-14(7-5-13)26-12-17(25)23-8-10-24(11-9-23)19-22-18-15(21)2-1-3-16(18)27-19/h1-7H,8-12H2. The number of hydrogen-bond acceptors (Lipinski definition) is 5. The predicted molar refractivity (Wildman–Crippen MR) is 111 cm³/mol. The molecule has 140 valence electrons. The molecule has 0 aliphatic carbocycles. The number of fused-ring (bicyclic) bond motifs is 1. The molecule has 8 heteroatoms. The first-order valence-electron chi connectivity index (χ1n) is 8.56. The van der Waals surface area contributed by atoms with Crippen molar-refractivity contribution in [2.75, 3.05) is 36.8 Å². The zero-order chi connectivity index (χ0) is 18.8. The Balaban J connectivity index is 1.33. The number of anilines is 1. The number of thiazole rings is 1. The molecular weight excluding hydrogens is 405 g/mol. The van der Waals surface area contributed by atoms with Crippen molar-refractivity contribution >= 4 is 56.0 Å². The third kappa shape index (κ3) is 4.20. The maximum Gasteiger partial charge on any atom is 0.233 e. The fraction of sp³-hybridized carbons (Fsp3) is 0.263. The van der Waals surface area contributed by atoms with E-state index in [1.807, 2.05) is 35.2 Å². The average Bonchev–Trinajstić information content (AvgIpc) is 3.13. The summed E-state index contributed by atoms with van der Waals surface area (Å²) in [6, 6.07) is 12.5. The van der Waals surface area contributed by atoms with Crippen LogP contribution in [0.15, 0.2) is 47.4 Å². The molecule has 1 fully saturated rings. The van der Waals surface area contributed by atoms with Crippen molar-refractivity contribution in [1.82, 2.24) is 9.88 Å². The van der Waals surface area contributed by atoms with Crippen molar-refractivity contribution in [3.63, 3.8) is 0 Å². The summed E-state index contributed by atoms with van der Waals surface area (Å²) in [6.07, 6.45) is 0. The summed E-state index contributed by atoms with van der Waals surface area (Å²) in [4.78, 5) is 21.9. The van der Waals surface area contributed by atoms with Crippen LogP contribution in [0.5, 0.6) is 0 Å². The van der Waals surface area contributed by atoms with Gasteiger partial charge in [0, 0.05) is 36.1 Å². The molecule has 0 spiro atoms. The summed E-state index contributed by atoms with van der Waals surface area (Å²) in [5.74, 6) is 0.251. The van der Waals surface area contributed by atoms with Crippen LogP contribution in [0, 0.1) is 5.82 Å². The number of halogens is 2. The van der Waals surface area contributed by atoms with Crippen LogP contribution in [0.2, 0.25) is 5.02 Å². The van der Waals surface area contributed by atoms with E-state index in [0.717, 1.165) is 14.7 Å². The highest BCUT2D eigenvalue weighted by Crippen LogP contribution is 2.30. The first-order chi connectivity index (χ1) is 13.1. The number of benzene rings is 2. The van der Waals surface area contributed by atoms with E-state index >= 15 is 0 Å². The Hall–Kier alpha value is -1.83. The maximum absolute atomic E-state index is 13.8. The molecule has 0 saturated carbocycles. The smallest absolute Gasteiger partial charge is 0.233 e. The molecule has 2 heterocycles. The van der Waals surface area contributed by atoms with Crippen molar-refractivity contribution in [2.45, 2.75) is 4.90 Å². The summed E-state index contributed by atoms with van der Waals surface area (Å²) in [6.45, 7) is 2.72. The molecule has 2 aromatic carbocycles. The Morgan fingerprint density at radius 1 is 1.15 bits per heavy atom. The lowest BCUT2D eigenvalue weighted by Gasteiger charge is -2.34. The lowest BCUT2D eigenvalue weighted by molar-refractivity contribution is -0.128. The van der Waals surface area contributed by atoms with Gasteiger partial charge in [-0.05, 0) is 36.4 Å². The van der Waals surface area contributed by atoms with Crippen LogP contribution in [-0.2, 0) is 4.79 Å². The summed E-state index contributed by atoms with van der Waals surface area (Å²) < 4.78 is 14.7. The number of rotatable bonds is 4. The number of carbonyl (C=O) groups is 1. The number of piperazine rings is 1.